The van der Waals surface area contributed by atoms with Crippen molar-refractivity contribution in [2.45, 2.75) is 24.1 Å². The van der Waals surface area contributed by atoms with E-state index in [4.69, 9.17) is 5.11 Å². The molecule has 0 saturated heterocycles. The van der Waals surface area contributed by atoms with E-state index in [1.54, 1.807) is 12.1 Å². The molecule has 0 unspecified atom stereocenters. The number of aromatic carboxylic acids is 1. The van der Waals surface area contributed by atoms with Gasteiger partial charge in [-0.25, -0.2) is 9.78 Å². The first kappa shape index (κ1) is 19.0. The van der Waals surface area contributed by atoms with Gasteiger partial charge in [-0.05, 0) is 36.2 Å². The highest BCUT2D eigenvalue weighted by molar-refractivity contribution is 7.98. The molecule has 0 saturated carbocycles. The maximum Gasteiger partial charge on any atom is 0.337 e. The van der Waals surface area contributed by atoms with Crippen LogP contribution in [0, 0.1) is 0 Å². The molecule has 0 aliphatic carbocycles. The summed E-state index contributed by atoms with van der Waals surface area (Å²) in [6, 6.07) is 22.2. The van der Waals surface area contributed by atoms with Gasteiger partial charge in [-0.2, -0.15) is 0 Å². The SMILES string of the molecule is CCN(Cc1ccccc1SCc1ccccc1)c1ccc(C(=O)O)cn1. The molecule has 1 N–H and O–H groups in total. The summed E-state index contributed by atoms with van der Waals surface area (Å²) in [6.07, 6.45) is 1.41. The van der Waals surface area contributed by atoms with Gasteiger partial charge in [-0.3, -0.25) is 0 Å². The van der Waals surface area contributed by atoms with Gasteiger partial charge >= 0.3 is 5.97 Å². The molecule has 0 bridgehead atoms. The molecule has 138 valence electrons. The highest BCUT2D eigenvalue weighted by Crippen LogP contribution is 2.28. The summed E-state index contributed by atoms with van der Waals surface area (Å²) >= 11 is 1.83. The molecule has 4 nitrogen and oxygen atoms in total. The van der Waals surface area contributed by atoms with E-state index in [0.29, 0.717) is 0 Å². The summed E-state index contributed by atoms with van der Waals surface area (Å²) in [4.78, 5) is 18.7. The third-order valence-electron chi connectivity index (χ3n) is 4.27. The van der Waals surface area contributed by atoms with Crippen molar-refractivity contribution in [2.24, 2.45) is 0 Å². The van der Waals surface area contributed by atoms with Gasteiger partial charge in [0.05, 0.1) is 5.56 Å². The molecule has 5 heteroatoms. The van der Waals surface area contributed by atoms with Crippen LogP contribution in [0.5, 0.6) is 0 Å². The molecular formula is C22H22N2O2S. The van der Waals surface area contributed by atoms with Crippen LogP contribution in [0.1, 0.15) is 28.4 Å². The van der Waals surface area contributed by atoms with E-state index < -0.39 is 5.97 Å². The normalized spacial score (nSPS) is 10.6. The van der Waals surface area contributed by atoms with Crippen molar-refractivity contribution in [3.05, 3.63) is 89.6 Å². The van der Waals surface area contributed by atoms with Gasteiger partial charge in [0.1, 0.15) is 5.82 Å². The Bertz CT molecular complexity index is 882. The van der Waals surface area contributed by atoms with Crippen LogP contribution in [0.4, 0.5) is 5.82 Å². The first-order valence-electron chi connectivity index (χ1n) is 8.86. The second kappa shape index (κ2) is 9.24. The summed E-state index contributed by atoms with van der Waals surface area (Å²) in [7, 11) is 0. The Kier molecular flexibility index (Phi) is 6.49. The summed E-state index contributed by atoms with van der Waals surface area (Å²) in [5, 5.41) is 9.04. The van der Waals surface area contributed by atoms with Crippen molar-refractivity contribution in [2.75, 3.05) is 11.4 Å². The van der Waals surface area contributed by atoms with Gasteiger partial charge in [-0.1, -0.05) is 48.5 Å². The number of pyridine rings is 1. The Hall–Kier alpha value is -2.79. The topological polar surface area (TPSA) is 53.4 Å². The lowest BCUT2D eigenvalue weighted by atomic mass is 10.2. The number of benzene rings is 2. The minimum absolute atomic E-state index is 0.202. The van der Waals surface area contributed by atoms with Gasteiger partial charge in [-0.15, -0.1) is 11.8 Å². The van der Waals surface area contributed by atoms with Crippen molar-refractivity contribution >= 4 is 23.5 Å². The zero-order chi connectivity index (χ0) is 19.1. The molecule has 3 aromatic rings. The predicted octanol–water partition coefficient (Wildman–Crippen LogP) is 5.10. The van der Waals surface area contributed by atoms with E-state index in [1.807, 2.05) is 17.8 Å². The van der Waals surface area contributed by atoms with Crippen LogP contribution in [0.3, 0.4) is 0 Å². The Morgan fingerprint density at radius 1 is 1.04 bits per heavy atom. The van der Waals surface area contributed by atoms with E-state index in [9.17, 15) is 4.79 Å². The van der Waals surface area contributed by atoms with Crippen LogP contribution in [0.15, 0.2) is 77.8 Å². The predicted molar refractivity (Wildman–Crippen MR) is 110 cm³/mol. The van der Waals surface area contributed by atoms with Crippen molar-refractivity contribution in [3.63, 3.8) is 0 Å². The van der Waals surface area contributed by atoms with Gasteiger partial charge in [0.25, 0.3) is 0 Å². The molecule has 2 aromatic carbocycles. The smallest absolute Gasteiger partial charge is 0.337 e. The average Bonchev–Trinajstić information content (AvgIpc) is 2.72. The molecule has 3 rings (SSSR count). The van der Waals surface area contributed by atoms with Crippen molar-refractivity contribution in [1.29, 1.82) is 0 Å². The lowest BCUT2D eigenvalue weighted by Crippen LogP contribution is -2.23. The monoisotopic (exact) mass is 378 g/mol. The highest BCUT2D eigenvalue weighted by Gasteiger charge is 2.11. The molecule has 0 atom stereocenters. The molecular weight excluding hydrogens is 356 g/mol. The number of thioether (sulfide) groups is 1. The quantitative estimate of drug-likeness (QED) is 0.553. The maximum atomic E-state index is 11.0. The Balaban J connectivity index is 1.74. The van der Waals surface area contributed by atoms with E-state index in [2.05, 4.69) is 65.3 Å². The number of carboxylic acids is 1. The summed E-state index contributed by atoms with van der Waals surface area (Å²) < 4.78 is 0. The molecule has 0 spiro atoms. The molecule has 27 heavy (non-hydrogen) atoms. The largest absolute Gasteiger partial charge is 0.478 e. The number of carboxylic acid groups (broad SMARTS) is 1. The molecule has 1 heterocycles. The number of nitrogens with zero attached hydrogens (tertiary/aromatic N) is 2. The fourth-order valence-corrected chi connectivity index (χ4v) is 3.78. The van der Waals surface area contributed by atoms with Crippen LogP contribution < -0.4 is 4.90 Å². The first-order valence-corrected chi connectivity index (χ1v) is 9.85. The second-order valence-electron chi connectivity index (χ2n) is 6.11. The summed E-state index contributed by atoms with van der Waals surface area (Å²) in [6.45, 7) is 3.59. The summed E-state index contributed by atoms with van der Waals surface area (Å²) in [5.41, 5.74) is 2.74. The fourth-order valence-electron chi connectivity index (χ4n) is 2.77. The Morgan fingerprint density at radius 2 is 1.78 bits per heavy atom. The number of hydrogen-bond donors (Lipinski definition) is 1. The van der Waals surface area contributed by atoms with E-state index in [-0.39, 0.29) is 5.56 Å². The molecule has 1 aromatic heterocycles. The summed E-state index contributed by atoms with van der Waals surface area (Å²) in [5.74, 6) is 0.750. The van der Waals surface area contributed by atoms with Crippen LogP contribution in [0.25, 0.3) is 0 Å². The molecule has 0 radical (unpaired) electrons. The number of hydrogen-bond acceptors (Lipinski definition) is 4. The molecule has 0 aliphatic rings. The lowest BCUT2D eigenvalue weighted by molar-refractivity contribution is 0.0696. The van der Waals surface area contributed by atoms with Gasteiger partial charge < -0.3 is 10.0 Å². The second-order valence-corrected chi connectivity index (χ2v) is 7.12. The third-order valence-corrected chi connectivity index (χ3v) is 5.46. The van der Waals surface area contributed by atoms with Gasteiger partial charge in [0.2, 0.25) is 0 Å². The Labute approximate surface area is 163 Å². The zero-order valence-electron chi connectivity index (χ0n) is 15.2. The lowest BCUT2D eigenvalue weighted by Gasteiger charge is -2.23. The van der Waals surface area contributed by atoms with Crippen molar-refractivity contribution < 1.29 is 9.90 Å². The van der Waals surface area contributed by atoms with Crippen LogP contribution in [0.2, 0.25) is 0 Å². The van der Waals surface area contributed by atoms with Crippen LogP contribution in [-0.2, 0) is 12.3 Å². The molecule has 0 fully saturated rings. The molecule has 0 amide bonds. The number of anilines is 1. The van der Waals surface area contributed by atoms with Gasteiger partial charge in [0.15, 0.2) is 0 Å². The van der Waals surface area contributed by atoms with Crippen LogP contribution in [-0.4, -0.2) is 22.6 Å². The fraction of sp³-hybridized carbons (Fsp3) is 0.182. The Morgan fingerprint density at radius 3 is 2.44 bits per heavy atom. The maximum absolute atomic E-state index is 11.0. The average molecular weight is 378 g/mol. The highest BCUT2D eigenvalue weighted by atomic mass is 32.2. The molecule has 0 aliphatic heterocycles. The first-order chi connectivity index (χ1) is 13.2. The number of rotatable bonds is 8. The standard InChI is InChI=1S/C22H22N2O2S/c1-2-24(21-13-12-18(14-23-21)22(25)26)15-19-10-6-7-11-20(19)27-16-17-8-4-3-5-9-17/h3-14H,2,15-16H2,1H3,(H,25,26). The third kappa shape index (κ3) is 5.11. The van der Waals surface area contributed by atoms with E-state index in [1.165, 1.54) is 22.2 Å². The van der Waals surface area contributed by atoms with Gasteiger partial charge in [0, 0.05) is 29.9 Å². The number of aromatic nitrogens is 1. The zero-order valence-corrected chi connectivity index (χ0v) is 16.0. The van der Waals surface area contributed by atoms with E-state index in [0.717, 1.165) is 24.7 Å². The van der Waals surface area contributed by atoms with E-state index >= 15 is 0 Å². The van der Waals surface area contributed by atoms with Crippen LogP contribution >= 0.6 is 11.8 Å². The van der Waals surface area contributed by atoms with Crippen molar-refractivity contribution in [1.82, 2.24) is 4.98 Å². The number of carbonyl (C=O) groups is 1. The minimum atomic E-state index is -0.959. The van der Waals surface area contributed by atoms with Crippen molar-refractivity contribution in [3.8, 4) is 0 Å². The minimum Gasteiger partial charge on any atom is -0.478 e.